The van der Waals surface area contributed by atoms with Gasteiger partial charge in [0.1, 0.15) is 11.4 Å². The van der Waals surface area contributed by atoms with Crippen molar-refractivity contribution in [3.63, 3.8) is 0 Å². The molecule has 4 atom stereocenters. The van der Waals surface area contributed by atoms with Crippen LogP contribution in [0.4, 0.5) is 0 Å². The highest BCUT2D eigenvalue weighted by Crippen LogP contribution is 2.55. The predicted octanol–water partition coefficient (Wildman–Crippen LogP) is 3.77. The van der Waals surface area contributed by atoms with Gasteiger partial charge in [-0.25, -0.2) is 4.79 Å². The number of esters is 2. The fourth-order valence-corrected chi connectivity index (χ4v) is 4.58. The van der Waals surface area contributed by atoms with E-state index in [2.05, 4.69) is 20.4 Å². The zero-order chi connectivity index (χ0) is 16.6. The molecule has 4 nitrogen and oxygen atoms in total. The van der Waals surface area contributed by atoms with Crippen LogP contribution in [-0.2, 0) is 19.1 Å². The molecule has 4 heteroatoms. The molecule has 0 amide bonds. The van der Waals surface area contributed by atoms with Gasteiger partial charge < -0.3 is 9.47 Å². The number of rotatable bonds is 6. The van der Waals surface area contributed by atoms with Crippen molar-refractivity contribution in [3.05, 3.63) is 24.5 Å². The summed E-state index contributed by atoms with van der Waals surface area (Å²) < 4.78 is 11.1. The van der Waals surface area contributed by atoms with Crippen molar-refractivity contribution in [2.75, 3.05) is 0 Å². The normalized spacial score (nSPS) is 34.7. The van der Waals surface area contributed by atoms with Crippen molar-refractivity contribution in [1.82, 2.24) is 0 Å². The molecule has 2 saturated carbocycles. The fourth-order valence-electron chi connectivity index (χ4n) is 4.58. The second-order valence-electron chi connectivity index (χ2n) is 7.73. The van der Waals surface area contributed by atoms with Crippen LogP contribution in [0.3, 0.4) is 0 Å². The molecule has 0 heterocycles. The minimum absolute atomic E-state index is 0.156. The highest BCUT2D eigenvalue weighted by molar-refractivity contribution is 5.83. The van der Waals surface area contributed by atoms with Crippen LogP contribution in [0, 0.1) is 23.7 Å². The Balaban J connectivity index is 1.62. The molecule has 126 valence electrons. The highest BCUT2D eigenvalue weighted by Gasteiger charge is 2.54. The average molecular weight is 318 g/mol. The molecule has 0 aromatic rings. The first-order chi connectivity index (χ1) is 10.9. The monoisotopic (exact) mass is 318 g/mol. The lowest BCUT2D eigenvalue weighted by molar-refractivity contribution is -0.173. The summed E-state index contributed by atoms with van der Waals surface area (Å²) >= 11 is 0. The third-order valence-electron chi connectivity index (χ3n) is 5.49. The van der Waals surface area contributed by atoms with Crippen LogP contribution in [0.15, 0.2) is 24.5 Å². The first kappa shape index (κ1) is 16.3. The smallest absolute Gasteiger partial charge is 0.335 e. The van der Waals surface area contributed by atoms with Crippen molar-refractivity contribution in [3.8, 4) is 0 Å². The minimum atomic E-state index is -0.479. The van der Waals surface area contributed by atoms with Gasteiger partial charge in [-0.3, -0.25) is 4.79 Å². The third kappa shape index (κ3) is 3.22. The topological polar surface area (TPSA) is 52.6 Å². The SMILES string of the molecule is C=CC(=O)OC1=CC(C(=O)OC2(CC(C)C)CC3CCC2C3)C1. The van der Waals surface area contributed by atoms with Crippen LogP contribution < -0.4 is 0 Å². The van der Waals surface area contributed by atoms with E-state index in [9.17, 15) is 9.59 Å². The molecule has 0 aliphatic heterocycles. The van der Waals surface area contributed by atoms with E-state index in [1.54, 1.807) is 6.08 Å². The maximum atomic E-state index is 12.5. The molecular formula is C19H26O4. The maximum Gasteiger partial charge on any atom is 0.335 e. The highest BCUT2D eigenvalue weighted by atomic mass is 16.6. The number of hydrogen-bond donors (Lipinski definition) is 0. The molecule has 0 aromatic carbocycles. The first-order valence-corrected chi connectivity index (χ1v) is 8.69. The van der Waals surface area contributed by atoms with Crippen molar-refractivity contribution < 1.29 is 19.1 Å². The number of allylic oxidation sites excluding steroid dienone is 1. The molecule has 0 spiro atoms. The lowest BCUT2D eigenvalue weighted by Crippen LogP contribution is -2.43. The Morgan fingerprint density at radius 3 is 2.70 bits per heavy atom. The van der Waals surface area contributed by atoms with E-state index >= 15 is 0 Å². The quantitative estimate of drug-likeness (QED) is 0.552. The summed E-state index contributed by atoms with van der Waals surface area (Å²) in [6.07, 6.45) is 8.93. The molecule has 0 saturated heterocycles. The number of carbonyl (C=O) groups is 2. The van der Waals surface area contributed by atoms with Crippen LogP contribution in [0.25, 0.3) is 0 Å². The minimum Gasteiger partial charge on any atom is -0.458 e. The van der Waals surface area contributed by atoms with Crippen LogP contribution >= 0.6 is 0 Å². The fraction of sp³-hybridized carbons (Fsp3) is 0.684. The summed E-state index contributed by atoms with van der Waals surface area (Å²) in [5, 5.41) is 0. The summed E-state index contributed by atoms with van der Waals surface area (Å²) in [5.41, 5.74) is -0.254. The summed E-state index contributed by atoms with van der Waals surface area (Å²) in [6, 6.07) is 0. The largest absolute Gasteiger partial charge is 0.458 e. The van der Waals surface area contributed by atoms with Crippen LogP contribution in [-0.4, -0.2) is 17.5 Å². The van der Waals surface area contributed by atoms with Crippen LogP contribution in [0.5, 0.6) is 0 Å². The van der Waals surface area contributed by atoms with Gasteiger partial charge in [-0.2, -0.15) is 0 Å². The Bertz CT molecular complexity index is 548. The molecular weight excluding hydrogens is 292 g/mol. The van der Waals surface area contributed by atoms with Crippen molar-refractivity contribution in [1.29, 1.82) is 0 Å². The predicted molar refractivity (Wildman–Crippen MR) is 86.2 cm³/mol. The van der Waals surface area contributed by atoms with Gasteiger partial charge in [-0.15, -0.1) is 0 Å². The summed E-state index contributed by atoms with van der Waals surface area (Å²) in [6.45, 7) is 7.74. The molecule has 0 aromatic heterocycles. The van der Waals surface area contributed by atoms with Gasteiger partial charge in [0.2, 0.25) is 0 Å². The second kappa shape index (κ2) is 6.14. The van der Waals surface area contributed by atoms with E-state index in [4.69, 9.17) is 9.47 Å². The molecule has 3 aliphatic carbocycles. The molecule has 3 rings (SSSR count). The zero-order valence-corrected chi connectivity index (χ0v) is 14.0. The van der Waals surface area contributed by atoms with E-state index in [-0.39, 0.29) is 17.5 Å². The summed E-state index contributed by atoms with van der Waals surface area (Å²) in [4.78, 5) is 23.6. The van der Waals surface area contributed by atoms with Gasteiger partial charge in [-0.05, 0) is 55.9 Å². The second-order valence-corrected chi connectivity index (χ2v) is 7.73. The van der Waals surface area contributed by atoms with Crippen molar-refractivity contribution in [2.45, 2.75) is 58.0 Å². The Hall–Kier alpha value is -1.58. The molecule has 0 N–H and O–H groups in total. The molecule has 0 radical (unpaired) electrons. The molecule has 2 bridgehead atoms. The van der Waals surface area contributed by atoms with E-state index in [0.29, 0.717) is 24.0 Å². The maximum absolute atomic E-state index is 12.5. The Labute approximate surface area is 137 Å². The lowest BCUT2D eigenvalue weighted by Gasteiger charge is -2.40. The molecule has 23 heavy (non-hydrogen) atoms. The summed E-state index contributed by atoms with van der Waals surface area (Å²) in [7, 11) is 0. The van der Waals surface area contributed by atoms with Gasteiger partial charge in [-0.1, -0.05) is 20.4 Å². The van der Waals surface area contributed by atoms with Crippen LogP contribution in [0.1, 0.15) is 52.4 Å². The van der Waals surface area contributed by atoms with Crippen molar-refractivity contribution in [2.24, 2.45) is 23.7 Å². The Morgan fingerprint density at radius 2 is 2.17 bits per heavy atom. The third-order valence-corrected chi connectivity index (χ3v) is 5.49. The van der Waals surface area contributed by atoms with Crippen LogP contribution in [0.2, 0.25) is 0 Å². The summed E-state index contributed by atoms with van der Waals surface area (Å²) in [5.74, 6) is 1.41. The lowest BCUT2D eigenvalue weighted by atomic mass is 9.78. The number of hydrogen-bond acceptors (Lipinski definition) is 4. The van der Waals surface area contributed by atoms with E-state index in [1.165, 1.54) is 19.3 Å². The van der Waals surface area contributed by atoms with Gasteiger partial charge in [0.05, 0.1) is 5.92 Å². The van der Waals surface area contributed by atoms with Crippen molar-refractivity contribution >= 4 is 11.9 Å². The first-order valence-electron chi connectivity index (χ1n) is 8.69. The van der Waals surface area contributed by atoms with E-state index < -0.39 is 5.97 Å². The Morgan fingerprint density at radius 1 is 1.43 bits per heavy atom. The van der Waals surface area contributed by atoms with Gasteiger partial charge in [0.15, 0.2) is 0 Å². The standard InChI is InChI=1S/C19H26O4/c1-4-17(20)22-16-8-14(9-16)18(21)23-19(10-12(2)3)11-13-5-6-15(19)7-13/h4,8,12-15H,1,5-7,9-11H2,2-3H3. The average Bonchev–Trinajstić information content (AvgIpc) is 3.01. The number of fused-ring (bicyclic) bond motifs is 2. The van der Waals surface area contributed by atoms with E-state index in [1.807, 2.05) is 0 Å². The molecule has 4 unspecified atom stereocenters. The molecule has 2 fully saturated rings. The van der Waals surface area contributed by atoms with E-state index in [0.717, 1.165) is 24.8 Å². The van der Waals surface area contributed by atoms with Gasteiger partial charge in [0, 0.05) is 12.5 Å². The van der Waals surface area contributed by atoms with Gasteiger partial charge in [0.25, 0.3) is 0 Å². The number of carbonyl (C=O) groups excluding carboxylic acids is 2. The molecule has 3 aliphatic rings. The van der Waals surface area contributed by atoms with Gasteiger partial charge >= 0.3 is 11.9 Å². The Kier molecular flexibility index (Phi) is 4.35. The zero-order valence-electron chi connectivity index (χ0n) is 14.0. The number of ether oxygens (including phenoxy) is 2.